The van der Waals surface area contributed by atoms with E-state index in [2.05, 4.69) is 20.9 Å². The van der Waals surface area contributed by atoms with E-state index in [0.29, 0.717) is 38.3 Å². The van der Waals surface area contributed by atoms with E-state index in [1.165, 1.54) is 4.31 Å². The average molecular weight is 378 g/mol. The van der Waals surface area contributed by atoms with Crippen LogP contribution >= 0.6 is 0 Å². The standard InChI is InChI=1S/C16H22N6O3S/c1-2-22-15(11-18-20-22)10-17-16(23)19-14-6-3-5-13(9-14)12-21-7-4-8-26(21,24)25/h3,5-6,9,11H,2,4,7-8,10,12H2,1H3,(H2,17,19,23). The highest BCUT2D eigenvalue weighted by Crippen LogP contribution is 2.19. The zero-order chi connectivity index (χ0) is 18.6. The Bertz CT molecular complexity index is 880. The molecule has 0 spiro atoms. The zero-order valence-electron chi connectivity index (χ0n) is 14.6. The molecule has 0 radical (unpaired) electrons. The first-order valence-corrected chi connectivity index (χ1v) is 10.1. The van der Waals surface area contributed by atoms with Gasteiger partial charge in [0.25, 0.3) is 0 Å². The number of hydrogen-bond acceptors (Lipinski definition) is 5. The van der Waals surface area contributed by atoms with Gasteiger partial charge in [-0.05, 0) is 31.0 Å². The number of anilines is 1. The fourth-order valence-corrected chi connectivity index (χ4v) is 4.35. The van der Waals surface area contributed by atoms with Crippen LogP contribution in [0.3, 0.4) is 0 Å². The van der Waals surface area contributed by atoms with E-state index in [-0.39, 0.29) is 11.8 Å². The van der Waals surface area contributed by atoms with Crippen molar-refractivity contribution in [2.45, 2.75) is 33.0 Å². The highest BCUT2D eigenvalue weighted by molar-refractivity contribution is 7.89. The van der Waals surface area contributed by atoms with E-state index < -0.39 is 10.0 Å². The Labute approximate surface area is 152 Å². The number of sulfonamides is 1. The van der Waals surface area contributed by atoms with Crippen LogP contribution in [0.4, 0.5) is 10.5 Å². The SMILES string of the molecule is CCn1nncc1CNC(=O)Nc1cccc(CN2CCCS2(=O)=O)c1. The number of rotatable bonds is 6. The van der Waals surface area contributed by atoms with Gasteiger partial charge in [0, 0.05) is 25.3 Å². The molecule has 26 heavy (non-hydrogen) atoms. The monoisotopic (exact) mass is 378 g/mol. The van der Waals surface area contributed by atoms with E-state index in [9.17, 15) is 13.2 Å². The topological polar surface area (TPSA) is 109 Å². The van der Waals surface area contributed by atoms with Gasteiger partial charge in [-0.2, -0.15) is 4.31 Å². The third kappa shape index (κ3) is 4.38. The molecule has 140 valence electrons. The fourth-order valence-electron chi connectivity index (χ4n) is 2.85. The smallest absolute Gasteiger partial charge is 0.319 e. The lowest BCUT2D eigenvalue weighted by Crippen LogP contribution is -2.29. The van der Waals surface area contributed by atoms with Crippen LogP contribution in [0.15, 0.2) is 30.5 Å². The number of aryl methyl sites for hydroxylation is 1. The summed E-state index contributed by atoms with van der Waals surface area (Å²) in [5.74, 6) is 0.205. The maximum Gasteiger partial charge on any atom is 0.319 e. The summed E-state index contributed by atoms with van der Waals surface area (Å²) in [6.07, 6.45) is 2.27. The number of carbonyl (C=O) groups is 1. The number of nitrogens with one attached hydrogen (secondary N) is 2. The van der Waals surface area contributed by atoms with Crippen LogP contribution in [0.5, 0.6) is 0 Å². The van der Waals surface area contributed by atoms with Gasteiger partial charge in [0.1, 0.15) is 0 Å². The molecule has 0 atom stereocenters. The van der Waals surface area contributed by atoms with Crippen LogP contribution in [-0.4, -0.2) is 46.0 Å². The van der Waals surface area contributed by atoms with Gasteiger partial charge in [-0.1, -0.05) is 17.3 Å². The van der Waals surface area contributed by atoms with Crippen LogP contribution in [0.25, 0.3) is 0 Å². The summed E-state index contributed by atoms with van der Waals surface area (Å²) in [4.78, 5) is 12.1. The van der Waals surface area contributed by atoms with Crippen molar-refractivity contribution < 1.29 is 13.2 Å². The minimum absolute atomic E-state index is 0.205. The minimum atomic E-state index is -3.14. The predicted molar refractivity (Wildman–Crippen MR) is 96.8 cm³/mol. The molecule has 0 bridgehead atoms. The normalized spacial score (nSPS) is 16.5. The van der Waals surface area contributed by atoms with Crippen LogP contribution in [-0.2, 0) is 29.7 Å². The summed E-state index contributed by atoms with van der Waals surface area (Å²) < 4.78 is 27.0. The number of hydrogen-bond donors (Lipinski definition) is 2. The van der Waals surface area contributed by atoms with Crippen molar-refractivity contribution in [1.82, 2.24) is 24.6 Å². The largest absolute Gasteiger partial charge is 0.332 e. The second-order valence-electron chi connectivity index (χ2n) is 6.05. The van der Waals surface area contributed by atoms with Crippen molar-refractivity contribution in [3.8, 4) is 0 Å². The lowest BCUT2D eigenvalue weighted by Gasteiger charge is -2.15. The fraction of sp³-hybridized carbons (Fsp3) is 0.438. The van der Waals surface area contributed by atoms with Crippen molar-refractivity contribution >= 4 is 21.7 Å². The van der Waals surface area contributed by atoms with Crippen molar-refractivity contribution in [1.29, 1.82) is 0 Å². The van der Waals surface area contributed by atoms with E-state index in [1.807, 2.05) is 13.0 Å². The maximum absolute atomic E-state index is 12.1. The van der Waals surface area contributed by atoms with Crippen LogP contribution in [0.2, 0.25) is 0 Å². The van der Waals surface area contributed by atoms with Crippen molar-refractivity contribution in [3.05, 3.63) is 41.7 Å². The summed E-state index contributed by atoms with van der Waals surface area (Å²) in [5, 5.41) is 13.2. The average Bonchev–Trinajstić information content (AvgIpc) is 3.19. The molecule has 10 heteroatoms. The van der Waals surface area contributed by atoms with Gasteiger partial charge < -0.3 is 10.6 Å². The first-order chi connectivity index (χ1) is 12.5. The Hall–Kier alpha value is -2.46. The van der Waals surface area contributed by atoms with Gasteiger partial charge in [-0.25, -0.2) is 17.9 Å². The molecule has 1 aromatic heterocycles. The number of benzene rings is 1. The van der Waals surface area contributed by atoms with Gasteiger partial charge in [0.05, 0.1) is 24.2 Å². The molecule has 2 N–H and O–H groups in total. The molecular weight excluding hydrogens is 356 g/mol. The Morgan fingerprint density at radius 2 is 2.19 bits per heavy atom. The minimum Gasteiger partial charge on any atom is -0.332 e. The Morgan fingerprint density at radius 3 is 2.92 bits per heavy atom. The van der Waals surface area contributed by atoms with Crippen LogP contribution < -0.4 is 10.6 Å². The molecule has 2 amide bonds. The van der Waals surface area contributed by atoms with E-state index >= 15 is 0 Å². The van der Waals surface area contributed by atoms with Crippen molar-refractivity contribution in [2.75, 3.05) is 17.6 Å². The molecule has 1 aromatic carbocycles. The van der Waals surface area contributed by atoms with E-state index in [0.717, 1.165) is 11.3 Å². The predicted octanol–water partition coefficient (Wildman–Crippen LogP) is 1.16. The van der Waals surface area contributed by atoms with E-state index in [1.54, 1.807) is 29.1 Å². The third-order valence-electron chi connectivity index (χ3n) is 4.17. The number of aromatic nitrogens is 3. The van der Waals surface area contributed by atoms with Crippen LogP contribution in [0.1, 0.15) is 24.6 Å². The van der Waals surface area contributed by atoms with Gasteiger partial charge in [0.15, 0.2) is 0 Å². The quantitative estimate of drug-likeness (QED) is 0.784. The second kappa shape index (κ2) is 7.83. The molecule has 1 saturated heterocycles. The van der Waals surface area contributed by atoms with Gasteiger partial charge >= 0.3 is 6.03 Å². The molecule has 2 heterocycles. The molecule has 0 aliphatic carbocycles. The molecule has 1 aliphatic heterocycles. The summed E-state index contributed by atoms with van der Waals surface area (Å²) in [6, 6.07) is 6.84. The molecule has 0 saturated carbocycles. The van der Waals surface area contributed by atoms with Crippen molar-refractivity contribution in [3.63, 3.8) is 0 Å². The summed E-state index contributed by atoms with van der Waals surface area (Å²) in [7, 11) is -3.14. The number of urea groups is 1. The van der Waals surface area contributed by atoms with Crippen molar-refractivity contribution in [2.24, 2.45) is 0 Å². The zero-order valence-corrected chi connectivity index (χ0v) is 15.4. The summed E-state index contributed by atoms with van der Waals surface area (Å²) in [6.45, 7) is 3.81. The van der Waals surface area contributed by atoms with Gasteiger partial charge in [-0.15, -0.1) is 5.10 Å². The van der Waals surface area contributed by atoms with Gasteiger partial charge in [-0.3, -0.25) is 0 Å². The molecule has 3 rings (SSSR count). The highest BCUT2D eigenvalue weighted by Gasteiger charge is 2.27. The Morgan fingerprint density at radius 1 is 1.35 bits per heavy atom. The molecule has 0 unspecified atom stereocenters. The molecule has 9 nitrogen and oxygen atoms in total. The number of nitrogens with zero attached hydrogens (tertiary/aromatic N) is 4. The van der Waals surface area contributed by atoms with Gasteiger partial charge in [0.2, 0.25) is 10.0 Å². The molecule has 1 fully saturated rings. The Kier molecular flexibility index (Phi) is 5.52. The first kappa shape index (κ1) is 18.3. The lowest BCUT2D eigenvalue weighted by molar-refractivity contribution is 0.251. The maximum atomic E-state index is 12.1. The van der Waals surface area contributed by atoms with Crippen LogP contribution in [0, 0.1) is 0 Å². The summed E-state index contributed by atoms with van der Waals surface area (Å²) in [5.41, 5.74) is 2.26. The lowest BCUT2D eigenvalue weighted by atomic mass is 10.2. The Balaban J connectivity index is 1.57. The molecular formula is C16H22N6O3S. The molecule has 1 aliphatic rings. The third-order valence-corrected chi connectivity index (χ3v) is 6.08. The second-order valence-corrected chi connectivity index (χ2v) is 8.14. The van der Waals surface area contributed by atoms with E-state index in [4.69, 9.17) is 0 Å². The number of amides is 2. The highest BCUT2D eigenvalue weighted by atomic mass is 32.2. The number of carbonyl (C=O) groups excluding carboxylic acids is 1. The first-order valence-electron chi connectivity index (χ1n) is 8.47. The summed E-state index contributed by atoms with van der Waals surface area (Å²) >= 11 is 0. The molecule has 2 aromatic rings.